The highest BCUT2D eigenvalue weighted by atomic mass is 35.5. The predicted octanol–water partition coefficient (Wildman–Crippen LogP) is 2.45. The fourth-order valence-corrected chi connectivity index (χ4v) is 1.18. The Bertz CT molecular complexity index is 354. The molecule has 0 bridgehead atoms. The van der Waals surface area contributed by atoms with E-state index in [9.17, 15) is 18.0 Å². The van der Waals surface area contributed by atoms with Gasteiger partial charge in [-0.3, -0.25) is 0 Å². The van der Waals surface area contributed by atoms with Crippen molar-refractivity contribution >= 4 is 17.9 Å². The zero-order chi connectivity index (χ0) is 10.7. The fraction of sp³-hybridized carbons (Fsp3) is 0.222. The van der Waals surface area contributed by atoms with Gasteiger partial charge >= 0.3 is 0 Å². The van der Waals surface area contributed by atoms with Gasteiger partial charge in [-0.25, -0.2) is 13.2 Å². The van der Waals surface area contributed by atoms with Crippen molar-refractivity contribution in [3.05, 3.63) is 35.1 Å². The predicted molar refractivity (Wildman–Crippen MR) is 45.7 cm³/mol. The number of carbonyl (C=O) groups is 1. The molecule has 0 aromatic heterocycles. The lowest BCUT2D eigenvalue weighted by Gasteiger charge is -2.04. The quantitative estimate of drug-likeness (QED) is 0.436. The van der Waals surface area contributed by atoms with E-state index in [1.807, 2.05) is 0 Å². The van der Waals surface area contributed by atoms with Crippen LogP contribution >= 0.6 is 11.6 Å². The van der Waals surface area contributed by atoms with Crippen molar-refractivity contribution in [2.24, 2.45) is 0 Å². The van der Waals surface area contributed by atoms with Crippen molar-refractivity contribution in [2.75, 3.05) is 0 Å². The number of aldehydes is 1. The Morgan fingerprint density at radius 3 is 2.57 bits per heavy atom. The molecular formula is C9H6ClF3O. The molecule has 1 unspecified atom stereocenters. The van der Waals surface area contributed by atoms with E-state index < -0.39 is 22.8 Å². The largest absolute Gasteiger partial charge is 0.302 e. The first-order chi connectivity index (χ1) is 6.54. The van der Waals surface area contributed by atoms with Crippen LogP contribution < -0.4 is 0 Å². The normalized spacial score (nSPS) is 12.6. The molecule has 0 aliphatic carbocycles. The molecule has 0 N–H and O–H groups in total. The van der Waals surface area contributed by atoms with Gasteiger partial charge in [0.1, 0.15) is 12.1 Å². The van der Waals surface area contributed by atoms with E-state index in [0.717, 1.165) is 6.07 Å². The Morgan fingerprint density at radius 1 is 1.36 bits per heavy atom. The Hall–Kier alpha value is -1.03. The molecule has 1 atom stereocenters. The van der Waals surface area contributed by atoms with Crippen LogP contribution in [0.2, 0.25) is 0 Å². The third-order valence-electron chi connectivity index (χ3n) is 1.63. The fourth-order valence-electron chi connectivity index (χ4n) is 1.02. The molecule has 0 saturated heterocycles. The van der Waals surface area contributed by atoms with Gasteiger partial charge in [0.25, 0.3) is 0 Å². The van der Waals surface area contributed by atoms with Crippen LogP contribution in [0.4, 0.5) is 13.2 Å². The van der Waals surface area contributed by atoms with Crippen LogP contribution in [-0.2, 0) is 11.2 Å². The number of carbonyl (C=O) groups excluding carboxylic acids is 1. The third-order valence-corrected chi connectivity index (χ3v) is 1.89. The molecule has 0 aliphatic heterocycles. The van der Waals surface area contributed by atoms with E-state index in [-0.39, 0.29) is 12.0 Å². The Balaban J connectivity index is 3.01. The minimum atomic E-state index is -1.28. The molecule has 14 heavy (non-hydrogen) atoms. The van der Waals surface area contributed by atoms with Crippen molar-refractivity contribution in [1.82, 2.24) is 0 Å². The van der Waals surface area contributed by atoms with E-state index in [1.54, 1.807) is 0 Å². The number of halogens is 4. The maximum Gasteiger partial charge on any atom is 0.162 e. The highest BCUT2D eigenvalue weighted by Gasteiger charge is 2.14. The summed E-state index contributed by atoms with van der Waals surface area (Å²) in [7, 11) is 0. The van der Waals surface area contributed by atoms with Crippen molar-refractivity contribution in [1.29, 1.82) is 0 Å². The molecule has 1 rings (SSSR count). The lowest BCUT2D eigenvalue weighted by atomic mass is 10.1. The van der Waals surface area contributed by atoms with E-state index in [0.29, 0.717) is 12.4 Å². The molecule has 1 aromatic rings. The molecule has 0 spiro atoms. The molecule has 0 radical (unpaired) electrons. The van der Waals surface area contributed by atoms with Gasteiger partial charge in [-0.1, -0.05) is 0 Å². The number of benzene rings is 1. The highest BCUT2D eigenvalue weighted by molar-refractivity contribution is 6.27. The number of hydrogen-bond donors (Lipinski definition) is 0. The lowest BCUT2D eigenvalue weighted by molar-refractivity contribution is -0.107. The molecule has 1 nitrogen and oxygen atoms in total. The highest BCUT2D eigenvalue weighted by Crippen LogP contribution is 2.16. The monoisotopic (exact) mass is 222 g/mol. The smallest absolute Gasteiger partial charge is 0.162 e. The van der Waals surface area contributed by atoms with Crippen molar-refractivity contribution < 1.29 is 18.0 Å². The first-order valence-electron chi connectivity index (χ1n) is 3.77. The molecule has 76 valence electrons. The Morgan fingerprint density at radius 2 is 2.00 bits per heavy atom. The van der Waals surface area contributed by atoms with E-state index in [4.69, 9.17) is 11.6 Å². The maximum atomic E-state index is 13.0. The number of hydrogen-bond acceptors (Lipinski definition) is 1. The Kier molecular flexibility index (Phi) is 3.52. The summed E-state index contributed by atoms with van der Waals surface area (Å²) in [5.41, 5.74) is -0.241. The van der Waals surface area contributed by atoms with Crippen molar-refractivity contribution in [2.45, 2.75) is 11.8 Å². The first-order valence-corrected chi connectivity index (χ1v) is 4.21. The third kappa shape index (κ3) is 2.48. The molecule has 0 aliphatic rings. The maximum absolute atomic E-state index is 13.0. The van der Waals surface area contributed by atoms with Crippen molar-refractivity contribution in [3.8, 4) is 0 Å². The Labute approximate surface area is 83.5 Å². The summed E-state index contributed by atoms with van der Waals surface area (Å²) >= 11 is 5.40. The van der Waals surface area contributed by atoms with Gasteiger partial charge in [0.2, 0.25) is 0 Å². The minimum Gasteiger partial charge on any atom is -0.302 e. The summed E-state index contributed by atoms with van der Waals surface area (Å²) in [6.45, 7) is 0. The summed E-state index contributed by atoms with van der Waals surface area (Å²) in [6, 6.07) is 1.25. The van der Waals surface area contributed by atoms with Gasteiger partial charge in [-0.05, 0) is 18.1 Å². The van der Waals surface area contributed by atoms with Crippen LogP contribution in [0, 0.1) is 17.5 Å². The van der Waals surface area contributed by atoms with Gasteiger partial charge in [-0.15, -0.1) is 11.6 Å². The molecule has 5 heteroatoms. The minimum absolute atomic E-state index is 0.231. The molecule has 0 heterocycles. The summed E-state index contributed by atoms with van der Waals surface area (Å²) in [5, 5.41) is -0.981. The van der Waals surface area contributed by atoms with Gasteiger partial charge in [0, 0.05) is 6.07 Å². The van der Waals surface area contributed by atoms with Crippen LogP contribution in [0.3, 0.4) is 0 Å². The van der Waals surface area contributed by atoms with E-state index in [1.165, 1.54) is 0 Å². The van der Waals surface area contributed by atoms with Crippen molar-refractivity contribution in [3.63, 3.8) is 0 Å². The average Bonchev–Trinajstić information content (AvgIpc) is 2.13. The average molecular weight is 223 g/mol. The lowest BCUT2D eigenvalue weighted by Crippen LogP contribution is -2.07. The summed E-state index contributed by atoms with van der Waals surface area (Å²) in [5.74, 6) is -3.35. The first kappa shape index (κ1) is 11.0. The standard InChI is InChI=1S/C9H6ClF3O/c10-6(4-14)1-5-2-7(11)3-8(12)9(5)13/h2-4,6H,1H2. The second kappa shape index (κ2) is 4.46. The van der Waals surface area contributed by atoms with Crippen LogP contribution in [0.5, 0.6) is 0 Å². The summed E-state index contributed by atoms with van der Waals surface area (Å²) in [6.07, 6.45) is 0.148. The molecule has 0 fully saturated rings. The summed E-state index contributed by atoms with van der Waals surface area (Å²) in [4.78, 5) is 10.1. The van der Waals surface area contributed by atoms with Gasteiger partial charge in [0.05, 0.1) is 5.38 Å². The van der Waals surface area contributed by atoms with Crippen LogP contribution in [-0.4, -0.2) is 11.7 Å². The van der Waals surface area contributed by atoms with Gasteiger partial charge in [0.15, 0.2) is 11.6 Å². The number of rotatable bonds is 3. The summed E-state index contributed by atoms with van der Waals surface area (Å²) < 4.78 is 38.2. The van der Waals surface area contributed by atoms with Gasteiger partial charge in [-0.2, -0.15) is 0 Å². The SMILES string of the molecule is O=CC(Cl)Cc1cc(F)cc(F)c1F. The zero-order valence-corrected chi connectivity index (χ0v) is 7.69. The second-order valence-electron chi connectivity index (χ2n) is 2.72. The van der Waals surface area contributed by atoms with Crippen LogP contribution in [0.1, 0.15) is 5.56 Å². The number of alkyl halides is 1. The molecule has 0 amide bonds. The van der Waals surface area contributed by atoms with E-state index >= 15 is 0 Å². The molecule has 1 aromatic carbocycles. The second-order valence-corrected chi connectivity index (χ2v) is 3.28. The molecule has 0 saturated carbocycles. The van der Waals surface area contributed by atoms with Gasteiger partial charge < -0.3 is 4.79 Å². The van der Waals surface area contributed by atoms with Crippen LogP contribution in [0.25, 0.3) is 0 Å². The zero-order valence-electron chi connectivity index (χ0n) is 6.94. The topological polar surface area (TPSA) is 17.1 Å². The van der Waals surface area contributed by atoms with Crippen LogP contribution in [0.15, 0.2) is 12.1 Å². The van der Waals surface area contributed by atoms with E-state index in [2.05, 4.69) is 0 Å². The molecular weight excluding hydrogens is 217 g/mol.